The van der Waals surface area contributed by atoms with Gasteiger partial charge in [-0.25, -0.2) is 0 Å². The lowest BCUT2D eigenvalue weighted by atomic mass is 10.3. The van der Waals surface area contributed by atoms with Gasteiger partial charge in [-0.15, -0.1) is 0 Å². The van der Waals surface area contributed by atoms with Crippen molar-refractivity contribution in [3.8, 4) is 11.5 Å². The second kappa shape index (κ2) is 8.30. The lowest BCUT2D eigenvalue weighted by molar-refractivity contribution is -0.384. The molecule has 2 rings (SSSR count). The van der Waals surface area contributed by atoms with Crippen molar-refractivity contribution in [1.82, 2.24) is 0 Å². The Morgan fingerprint density at radius 1 is 1.17 bits per heavy atom. The molecule has 2 aromatic rings. The maximum atomic E-state index is 11.9. The molecule has 0 saturated carbocycles. The zero-order valence-corrected chi connectivity index (χ0v) is 14.4. The van der Waals surface area contributed by atoms with Crippen molar-refractivity contribution in [2.24, 2.45) is 0 Å². The molecule has 0 heterocycles. The van der Waals surface area contributed by atoms with Gasteiger partial charge in [0.25, 0.3) is 11.6 Å². The molecule has 0 aromatic heterocycles. The number of ether oxygens (including phenoxy) is 2. The molecule has 0 atom stereocenters. The number of hydrogen-bond acceptors (Lipinski definition) is 5. The summed E-state index contributed by atoms with van der Waals surface area (Å²) in [5.74, 6) is 0.812. The predicted molar refractivity (Wildman–Crippen MR) is 92.5 cm³/mol. The van der Waals surface area contributed by atoms with Crippen LogP contribution >= 0.6 is 15.9 Å². The molecule has 0 bridgehead atoms. The second-order valence-corrected chi connectivity index (χ2v) is 5.52. The zero-order valence-electron chi connectivity index (χ0n) is 12.8. The summed E-state index contributed by atoms with van der Waals surface area (Å²) in [5, 5.41) is 13.3. The first kappa shape index (κ1) is 17.7. The van der Waals surface area contributed by atoms with E-state index in [2.05, 4.69) is 21.2 Å². The second-order valence-electron chi connectivity index (χ2n) is 4.66. The van der Waals surface area contributed by atoms with E-state index in [9.17, 15) is 14.9 Å². The van der Waals surface area contributed by atoms with E-state index in [0.717, 1.165) is 5.75 Å². The van der Waals surface area contributed by atoms with Crippen LogP contribution in [-0.4, -0.2) is 24.0 Å². The molecule has 0 aliphatic carbocycles. The van der Waals surface area contributed by atoms with Crippen LogP contribution in [0, 0.1) is 10.1 Å². The molecule has 126 valence electrons. The van der Waals surface area contributed by atoms with Gasteiger partial charge in [0.2, 0.25) is 0 Å². The van der Waals surface area contributed by atoms with Crippen LogP contribution in [0.15, 0.2) is 46.9 Å². The largest absolute Gasteiger partial charge is 0.494 e. The van der Waals surface area contributed by atoms with Crippen molar-refractivity contribution < 1.29 is 19.2 Å². The summed E-state index contributed by atoms with van der Waals surface area (Å²) in [4.78, 5) is 22.2. The number of non-ortho nitro benzene ring substituents is 1. The zero-order chi connectivity index (χ0) is 17.5. The van der Waals surface area contributed by atoms with Crippen molar-refractivity contribution in [2.75, 3.05) is 18.5 Å². The van der Waals surface area contributed by atoms with Gasteiger partial charge in [-0.3, -0.25) is 14.9 Å². The topological polar surface area (TPSA) is 90.7 Å². The van der Waals surface area contributed by atoms with Gasteiger partial charge >= 0.3 is 0 Å². The number of nitro groups is 1. The Labute approximate surface area is 146 Å². The number of nitro benzene ring substituents is 1. The smallest absolute Gasteiger partial charge is 0.271 e. The minimum Gasteiger partial charge on any atom is -0.494 e. The highest BCUT2D eigenvalue weighted by Gasteiger charge is 2.12. The summed E-state index contributed by atoms with van der Waals surface area (Å²) in [6, 6.07) is 11.0. The number of halogens is 1. The van der Waals surface area contributed by atoms with Gasteiger partial charge in [-0.1, -0.05) is 0 Å². The third kappa shape index (κ3) is 4.95. The van der Waals surface area contributed by atoms with Crippen LogP contribution in [0.25, 0.3) is 0 Å². The van der Waals surface area contributed by atoms with Crippen molar-refractivity contribution in [2.45, 2.75) is 6.92 Å². The summed E-state index contributed by atoms with van der Waals surface area (Å²) >= 11 is 3.23. The van der Waals surface area contributed by atoms with E-state index in [-0.39, 0.29) is 12.3 Å². The maximum absolute atomic E-state index is 11.9. The number of benzene rings is 2. The van der Waals surface area contributed by atoms with E-state index in [4.69, 9.17) is 9.47 Å². The molecule has 0 unspecified atom stereocenters. The van der Waals surface area contributed by atoms with Gasteiger partial charge in [0.15, 0.2) is 6.61 Å². The lowest BCUT2D eigenvalue weighted by Gasteiger charge is -2.09. The summed E-state index contributed by atoms with van der Waals surface area (Å²) in [6.45, 7) is 2.24. The van der Waals surface area contributed by atoms with Crippen LogP contribution in [0.4, 0.5) is 11.4 Å². The van der Waals surface area contributed by atoms with Gasteiger partial charge in [-0.2, -0.15) is 0 Å². The fraction of sp³-hybridized carbons (Fsp3) is 0.188. The van der Waals surface area contributed by atoms with Crippen molar-refractivity contribution in [3.05, 3.63) is 57.1 Å². The van der Waals surface area contributed by atoms with E-state index in [1.165, 1.54) is 18.2 Å². The number of hydrogen-bond donors (Lipinski definition) is 1. The number of carbonyl (C=O) groups is 1. The van der Waals surface area contributed by atoms with Gasteiger partial charge in [0.1, 0.15) is 11.5 Å². The number of rotatable bonds is 7. The first-order valence-corrected chi connectivity index (χ1v) is 7.88. The molecule has 0 radical (unpaired) electrons. The molecule has 0 saturated heterocycles. The standard InChI is InChI=1S/C16H15BrN2O5/c1-2-23-12-4-6-13(7-5-12)24-10-16(20)18-15-9-11(19(21)22)3-8-14(15)17/h3-9H,2,10H2,1H3,(H,18,20). The summed E-state index contributed by atoms with van der Waals surface area (Å²) in [7, 11) is 0. The van der Waals surface area contributed by atoms with E-state index in [1.807, 2.05) is 6.92 Å². The minimum absolute atomic E-state index is 0.110. The Bertz CT molecular complexity index is 734. The highest BCUT2D eigenvalue weighted by atomic mass is 79.9. The molecule has 0 spiro atoms. The Hall–Kier alpha value is -2.61. The molecular weight excluding hydrogens is 380 g/mol. The van der Waals surface area contributed by atoms with Crippen molar-refractivity contribution in [3.63, 3.8) is 0 Å². The molecule has 0 fully saturated rings. The van der Waals surface area contributed by atoms with E-state index in [1.54, 1.807) is 24.3 Å². The quantitative estimate of drug-likeness (QED) is 0.569. The highest BCUT2D eigenvalue weighted by molar-refractivity contribution is 9.10. The van der Waals surface area contributed by atoms with Crippen molar-refractivity contribution >= 4 is 33.2 Å². The van der Waals surface area contributed by atoms with Crippen LogP contribution in [0.2, 0.25) is 0 Å². The van der Waals surface area contributed by atoms with Crippen molar-refractivity contribution in [1.29, 1.82) is 0 Å². The third-order valence-electron chi connectivity index (χ3n) is 2.94. The van der Waals surface area contributed by atoms with Crippen LogP contribution in [0.1, 0.15) is 6.92 Å². The number of nitrogens with one attached hydrogen (secondary N) is 1. The Balaban J connectivity index is 1.93. The Morgan fingerprint density at radius 3 is 2.38 bits per heavy atom. The summed E-state index contributed by atoms with van der Waals surface area (Å²) < 4.78 is 11.2. The average molecular weight is 395 g/mol. The van der Waals surface area contributed by atoms with Crippen LogP contribution in [0.3, 0.4) is 0 Å². The summed E-state index contributed by atoms with van der Waals surface area (Å²) in [5.41, 5.74) is 0.199. The van der Waals surface area contributed by atoms with E-state index >= 15 is 0 Å². The van der Waals surface area contributed by atoms with E-state index < -0.39 is 10.8 Å². The average Bonchev–Trinajstić information content (AvgIpc) is 2.56. The third-order valence-corrected chi connectivity index (χ3v) is 3.63. The highest BCUT2D eigenvalue weighted by Crippen LogP contribution is 2.27. The molecule has 0 aliphatic rings. The molecule has 1 N–H and O–H groups in total. The number of carbonyl (C=O) groups excluding carboxylic acids is 1. The number of amides is 1. The normalized spacial score (nSPS) is 10.1. The van der Waals surface area contributed by atoms with E-state index in [0.29, 0.717) is 22.5 Å². The SMILES string of the molecule is CCOc1ccc(OCC(=O)Nc2cc([N+](=O)[O-])ccc2Br)cc1. The first-order valence-electron chi connectivity index (χ1n) is 7.09. The van der Waals surface area contributed by atoms with Crippen LogP contribution < -0.4 is 14.8 Å². The molecule has 2 aromatic carbocycles. The fourth-order valence-corrected chi connectivity index (χ4v) is 2.20. The van der Waals surface area contributed by atoms with Gasteiger partial charge in [0.05, 0.1) is 17.2 Å². The Kier molecular flexibility index (Phi) is 6.14. The Morgan fingerprint density at radius 2 is 1.79 bits per heavy atom. The van der Waals surface area contributed by atoms with Gasteiger partial charge < -0.3 is 14.8 Å². The van der Waals surface area contributed by atoms with Crippen LogP contribution in [0.5, 0.6) is 11.5 Å². The monoisotopic (exact) mass is 394 g/mol. The van der Waals surface area contributed by atoms with Crippen LogP contribution in [-0.2, 0) is 4.79 Å². The number of nitrogens with zero attached hydrogens (tertiary/aromatic N) is 1. The molecule has 8 heteroatoms. The molecule has 0 aliphatic heterocycles. The fourth-order valence-electron chi connectivity index (χ4n) is 1.86. The minimum atomic E-state index is -0.529. The predicted octanol–water partition coefficient (Wildman–Crippen LogP) is 3.77. The van der Waals surface area contributed by atoms with Gasteiger partial charge in [-0.05, 0) is 53.2 Å². The first-order chi connectivity index (χ1) is 11.5. The molecule has 7 nitrogen and oxygen atoms in total. The maximum Gasteiger partial charge on any atom is 0.271 e. The molecule has 1 amide bonds. The summed E-state index contributed by atoms with van der Waals surface area (Å²) in [6.07, 6.45) is 0. The lowest BCUT2D eigenvalue weighted by Crippen LogP contribution is -2.20. The van der Waals surface area contributed by atoms with Gasteiger partial charge in [0, 0.05) is 16.6 Å². The number of anilines is 1. The molecule has 24 heavy (non-hydrogen) atoms. The molecular formula is C16H15BrN2O5.